The molecule has 25 heavy (non-hydrogen) atoms. The molecule has 3 rings (SSSR count). The standard InChI is InChI=1S/C19H23N3O3/c1-15-13-16(3-8-19(15)25-2)14-20-9-11-21(12-10-20)17-4-6-18(7-5-17)22(23)24/h3-8,13H,9-12,14H2,1-2H3/p+1. The van der Waals surface area contributed by atoms with Crippen molar-refractivity contribution in [1.29, 1.82) is 0 Å². The molecule has 132 valence electrons. The number of hydrogen-bond acceptors (Lipinski definition) is 4. The minimum atomic E-state index is -0.358. The number of ether oxygens (including phenoxy) is 1. The summed E-state index contributed by atoms with van der Waals surface area (Å²) in [5, 5.41) is 10.8. The molecule has 0 atom stereocenters. The molecular weight excluding hydrogens is 318 g/mol. The molecule has 0 unspecified atom stereocenters. The summed E-state index contributed by atoms with van der Waals surface area (Å²) in [6.07, 6.45) is 0. The Morgan fingerprint density at radius 3 is 2.40 bits per heavy atom. The maximum Gasteiger partial charge on any atom is 0.269 e. The zero-order valence-electron chi connectivity index (χ0n) is 14.7. The van der Waals surface area contributed by atoms with E-state index in [0.717, 1.165) is 44.2 Å². The van der Waals surface area contributed by atoms with Crippen LogP contribution in [0.1, 0.15) is 11.1 Å². The summed E-state index contributed by atoms with van der Waals surface area (Å²) in [4.78, 5) is 14.2. The lowest BCUT2D eigenvalue weighted by Gasteiger charge is -2.33. The number of nitro groups is 1. The summed E-state index contributed by atoms with van der Waals surface area (Å²) >= 11 is 0. The third-order valence-corrected chi connectivity index (χ3v) is 4.81. The Morgan fingerprint density at radius 2 is 1.84 bits per heavy atom. The Morgan fingerprint density at radius 1 is 1.16 bits per heavy atom. The van der Waals surface area contributed by atoms with Crippen LogP contribution in [0.4, 0.5) is 11.4 Å². The van der Waals surface area contributed by atoms with Crippen LogP contribution in [-0.2, 0) is 6.54 Å². The number of nitro benzene ring substituents is 1. The Kier molecular flexibility index (Phi) is 5.19. The van der Waals surface area contributed by atoms with Crippen LogP contribution in [0.3, 0.4) is 0 Å². The van der Waals surface area contributed by atoms with E-state index in [1.807, 2.05) is 18.2 Å². The molecule has 2 aromatic rings. The van der Waals surface area contributed by atoms with Gasteiger partial charge in [0.2, 0.25) is 0 Å². The van der Waals surface area contributed by atoms with Crippen molar-refractivity contribution in [2.24, 2.45) is 0 Å². The van der Waals surface area contributed by atoms with Crippen LogP contribution in [0.5, 0.6) is 5.75 Å². The second-order valence-electron chi connectivity index (χ2n) is 6.49. The first-order valence-electron chi connectivity index (χ1n) is 8.53. The molecule has 1 aliphatic heterocycles. The first kappa shape index (κ1) is 17.2. The molecule has 6 heteroatoms. The molecule has 6 nitrogen and oxygen atoms in total. The van der Waals surface area contributed by atoms with Crippen molar-refractivity contribution >= 4 is 11.4 Å². The third kappa shape index (κ3) is 4.09. The molecule has 0 aliphatic carbocycles. The van der Waals surface area contributed by atoms with Crippen LogP contribution in [0.15, 0.2) is 42.5 Å². The van der Waals surface area contributed by atoms with Crippen molar-refractivity contribution in [1.82, 2.24) is 0 Å². The van der Waals surface area contributed by atoms with Crippen molar-refractivity contribution in [3.05, 3.63) is 63.7 Å². The lowest BCUT2D eigenvalue weighted by Crippen LogP contribution is -3.13. The first-order chi connectivity index (χ1) is 12.1. The van der Waals surface area contributed by atoms with Gasteiger partial charge in [0, 0.05) is 23.4 Å². The minimum Gasteiger partial charge on any atom is -0.496 e. The Balaban J connectivity index is 1.56. The zero-order chi connectivity index (χ0) is 17.8. The normalized spacial score (nSPS) is 15.2. The van der Waals surface area contributed by atoms with E-state index >= 15 is 0 Å². The van der Waals surface area contributed by atoms with E-state index in [0.29, 0.717) is 0 Å². The van der Waals surface area contributed by atoms with Gasteiger partial charge in [0.15, 0.2) is 0 Å². The maximum atomic E-state index is 10.8. The van der Waals surface area contributed by atoms with E-state index in [-0.39, 0.29) is 10.6 Å². The van der Waals surface area contributed by atoms with Gasteiger partial charge in [-0.25, -0.2) is 0 Å². The van der Waals surface area contributed by atoms with E-state index in [4.69, 9.17) is 4.74 Å². The molecule has 1 saturated heterocycles. The van der Waals surface area contributed by atoms with Gasteiger partial charge in [0.25, 0.3) is 5.69 Å². The van der Waals surface area contributed by atoms with Crippen molar-refractivity contribution in [3.63, 3.8) is 0 Å². The van der Waals surface area contributed by atoms with Crippen molar-refractivity contribution in [2.75, 3.05) is 38.2 Å². The van der Waals surface area contributed by atoms with Crippen molar-refractivity contribution in [3.8, 4) is 5.75 Å². The molecule has 0 aromatic heterocycles. The highest BCUT2D eigenvalue weighted by Crippen LogP contribution is 2.20. The molecule has 0 bridgehead atoms. The summed E-state index contributed by atoms with van der Waals surface area (Å²) in [7, 11) is 1.70. The van der Waals surface area contributed by atoms with Crippen LogP contribution in [-0.4, -0.2) is 38.2 Å². The van der Waals surface area contributed by atoms with Crippen LogP contribution < -0.4 is 14.5 Å². The predicted octanol–water partition coefficient (Wildman–Crippen LogP) is 1.82. The number of nitrogens with one attached hydrogen (secondary N) is 1. The number of nitrogens with zero attached hydrogens (tertiary/aromatic N) is 2. The van der Waals surface area contributed by atoms with Crippen LogP contribution >= 0.6 is 0 Å². The van der Waals surface area contributed by atoms with E-state index in [9.17, 15) is 10.1 Å². The molecule has 1 fully saturated rings. The molecule has 0 radical (unpaired) electrons. The second kappa shape index (κ2) is 7.53. The summed E-state index contributed by atoms with van der Waals surface area (Å²) in [5.41, 5.74) is 3.70. The third-order valence-electron chi connectivity index (χ3n) is 4.81. The summed E-state index contributed by atoms with van der Waals surface area (Å²) in [6.45, 7) is 7.12. The highest BCUT2D eigenvalue weighted by Gasteiger charge is 2.21. The molecular formula is C19H24N3O3+. The minimum absolute atomic E-state index is 0.142. The number of rotatable bonds is 5. The highest BCUT2D eigenvalue weighted by molar-refractivity contribution is 5.51. The molecule has 1 N–H and O–H groups in total. The van der Waals surface area contributed by atoms with E-state index < -0.39 is 0 Å². The van der Waals surface area contributed by atoms with Gasteiger partial charge in [0.1, 0.15) is 12.3 Å². The maximum absolute atomic E-state index is 10.8. The topological polar surface area (TPSA) is 60.0 Å². The summed E-state index contributed by atoms with van der Waals surface area (Å²) in [6, 6.07) is 13.2. The van der Waals surface area contributed by atoms with Crippen molar-refractivity contribution in [2.45, 2.75) is 13.5 Å². The number of piperazine rings is 1. The predicted molar refractivity (Wildman–Crippen MR) is 97.4 cm³/mol. The Hall–Kier alpha value is -2.60. The SMILES string of the molecule is COc1ccc(C[NH+]2CCN(c3ccc([N+](=O)[O-])cc3)CC2)cc1C. The van der Waals surface area contributed by atoms with Crippen LogP contribution in [0, 0.1) is 17.0 Å². The van der Waals surface area contributed by atoms with E-state index in [1.165, 1.54) is 11.1 Å². The van der Waals surface area contributed by atoms with Gasteiger partial charge >= 0.3 is 0 Å². The number of aryl methyl sites for hydroxylation is 1. The number of benzene rings is 2. The molecule has 2 aromatic carbocycles. The molecule has 0 saturated carbocycles. The molecule has 0 amide bonds. The largest absolute Gasteiger partial charge is 0.496 e. The second-order valence-corrected chi connectivity index (χ2v) is 6.49. The molecule has 1 heterocycles. The van der Waals surface area contributed by atoms with Crippen molar-refractivity contribution < 1.29 is 14.6 Å². The number of hydrogen-bond donors (Lipinski definition) is 1. The van der Waals surface area contributed by atoms with Crippen LogP contribution in [0.2, 0.25) is 0 Å². The van der Waals surface area contributed by atoms with Crippen LogP contribution in [0.25, 0.3) is 0 Å². The zero-order valence-corrected chi connectivity index (χ0v) is 14.7. The average Bonchev–Trinajstić information content (AvgIpc) is 2.63. The highest BCUT2D eigenvalue weighted by atomic mass is 16.6. The van der Waals surface area contributed by atoms with Gasteiger partial charge in [-0.05, 0) is 42.8 Å². The quantitative estimate of drug-likeness (QED) is 0.665. The van der Waals surface area contributed by atoms with Gasteiger partial charge < -0.3 is 14.5 Å². The molecule has 0 spiro atoms. The summed E-state index contributed by atoms with van der Waals surface area (Å²) in [5.74, 6) is 0.932. The number of methoxy groups -OCH3 is 1. The first-order valence-corrected chi connectivity index (χ1v) is 8.53. The van der Waals surface area contributed by atoms with Gasteiger partial charge in [-0.3, -0.25) is 10.1 Å². The van der Waals surface area contributed by atoms with Gasteiger partial charge in [-0.15, -0.1) is 0 Å². The fourth-order valence-corrected chi connectivity index (χ4v) is 3.38. The fraction of sp³-hybridized carbons (Fsp3) is 0.368. The lowest BCUT2D eigenvalue weighted by molar-refractivity contribution is -0.914. The van der Waals surface area contributed by atoms with E-state index in [1.54, 1.807) is 24.1 Å². The smallest absolute Gasteiger partial charge is 0.269 e. The van der Waals surface area contributed by atoms with Gasteiger partial charge in [0.05, 0.1) is 38.2 Å². The Labute approximate surface area is 147 Å². The summed E-state index contributed by atoms with van der Waals surface area (Å²) < 4.78 is 5.32. The lowest BCUT2D eigenvalue weighted by atomic mass is 10.1. The Bertz CT molecular complexity index is 738. The number of non-ortho nitro benzene ring substituents is 1. The number of anilines is 1. The van der Waals surface area contributed by atoms with E-state index in [2.05, 4.69) is 24.0 Å². The van der Waals surface area contributed by atoms with Gasteiger partial charge in [-0.1, -0.05) is 0 Å². The average molecular weight is 342 g/mol. The monoisotopic (exact) mass is 342 g/mol. The molecule has 1 aliphatic rings. The van der Waals surface area contributed by atoms with Gasteiger partial charge in [-0.2, -0.15) is 0 Å². The number of quaternary nitrogens is 1. The fourth-order valence-electron chi connectivity index (χ4n) is 3.38.